The van der Waals surface area contributed by atoms with Gasteiger partial charge in [-0.25, -0.2) is 0 Å². The van der Waals surface area contributed by atoms with Gasteiger partial charge in [0, 0.05) is 21.9 Å². The lowest BCUT2D eigenvalue weighted by Crippen LogP contribution is -2.12. The molecule has 0 bridgehead atoms. The minimum atomic E-state index is -0.0388. The molecule has 0 aromatic carbocycles. The van der Waals surface area contributed by atoms with Gasteiger partial charge in [-0.3, -0.25) is 0 Å². The van der Waals surface area contributed by atoms with Crippen LogP contribution in [0.15, 0.2) is 17.9 Å². The second-order valence-electron chi connectivity index (χ2n) is 4.12. The number of hydrogen-bond acceptors (Lipinski definition) is 4. The lowest BCUT2D eigenvalue weighted by Gasteiger charge is -2.10. The van der Waals surface area contributed by atoms with Crippen molar-refractivity contribution in [2.75, 3.05) is 12.4 Å². The fraction of sp³-hybridized carbons (Fsp3) is 0.500. The van der Waals surface area contributed by atoms with Crippen LogP contribution in [-0.4, -0.2) is 12.4 Å². The topological polar surface area (TPSA) is 35.2 Å². The molecular weight excluding hydrogens is 238 g/mol. The Balaban J connectivity index is 1.85. The molecule has 2 aliphatic heterocycles. The summed E-state index contributed by atoms with van der Waals surface area (Å²) in [5.41, 5.74) is 7.71. The molecule has 1 unspecified atom stereocenters. The van der Waals surface area contributed by atoms with Crippen molar-refractivity contribution in [2.45, 2.75) is 24.6 Å². The fourth-order valence-electron chi connectivity index (χ4n) is 2.12. The molecule has 2 aliphatic rings. The molecule has 0 saturated carbocycles. The van der Waals surface area contributed by atoms with Crippen molar-refractivity contribution in [3.05, 3.63) is 33.2 Å². The Kier molecular flexibility index (Phi) is 2.96. The van der Waals surface area contributed by atoms with Crippen LogP contribution in [0, 0.1) is 0 Å². The third-order valence-corrected chi connectivity index (χ3v) is 5.32. The highest BCUT2D eigenvalue weighted by Gasteiger charge is 2.21. The molecule has 0 spiro atoms. The van der Waals surface area contributed by atoms with Crippen LogP contribution >= 0.6 is 23.1 Å². The Morgan fingerprint density at radius 3 is 3.12 bits per heavy atom. The lowest BCUT2D eigenvalue weighted by molar-refractivity contribution is 0.226. The van der Waals surface area contributed by atoms with Gasteiger partial charge in [-0.2, -0.15) is 11.8 Å². The van der Waals surface area contributed by atoms with Crippen molar-refractivity contribution < 1.29 is 4.74 Å². The van der Waals surface area contributed by atoms with Crippen molar-refractivity contribution in [3.8, 4) is 0 Å². The first kappa shape index (κ1) is 10.7. The number of nitrogens with two attached hydrogens (primary N) is 1. The number of fused-ring (bicyclic) bond motifs is 1. The number of ether oxygens (including phenoxy) is 1. The normalized spacial score (nSPS) is 21.2. The minimum absolute atomic E-state index is 0.0388. The van der Waals surface area contributed by atoms with Crippen LogP contribution in [0.1, 0.15) is 27.8 Å². The van der Waals surface area contributed by atoms with E-state index in [9.17, 15) is 0 Å². The summed E-state index contributed by atoms with van der Waals surface area (Å²) in [4.78, 5) is 2.79. The van der Waals surface area contributed by atoms with E-state index < -0.39 is 0 Å². The van der Waals surface area contributed by atoms with Crippen molar-refractivity contribution in [1.29, 1.82) is 0 Å². The van der Waals surface area contributed by atoms with Gasteiger partial charge in [-0.1, -0.05) is 0 Å². The molecule has 3 rings (SSSR count). The molecule has 3 heterocycles. The van der Waals surface area contributed by atoms with Crippen LogP contribution < -0.4 is 5.73 Å². The molecule has 2 N–H and O–H groups in total. The standard InChI is InChI=1S/C12H15NOS2/c13-12(9-2-1-4-14-9)11-6-8-7-15-5-3-10(8)16-11/h2,6,12H,1,3-5,7,13H2. The van der Waals surface area contributed by atoms with Gasteiger partial charge >= 0.3 is 0 Å². The van der Waals surface area contributed by atoms with Crippen LogP contribution in [0.4, 0.5) is 0 Å². The number of hydrogen-bond donors (Lipinski definition) is 1. The lowest BCUT2D eigenvalue weighted by atomic mass is 10.1. The van der Waals surface area contributed by atoms with Crippen molar-refractivity contribution >= 4 is 23.1 Å². The van der Waals surface area contributed by atoms with E-state index in [0.717, 1.165) is 24.5 Å². The third kappa shape index (κ3) is 1.90. The molecule has 2 nitrogen and oxygen atoms in total. The van der Waals surface area contributed by atoms with E-state index in [0.29, 0.717) is 0 Å². The summed E-state index contributed by atoms with van der Waals surface area (Å²) in [6.07, 6.45) is 4.33. The largest absolute Gasteiger partial charge is 0.496 e. The van der Waals surface area contributed by atoms with E-state index in [4.69, 9.17) is 10.5 Å². The fourth-order valence-corrected chi connectivity index (χ4v) is 4.50. The summed E-state index contributed by atoms with van der Waals surface area (Å²) in [7, 11) is 0. The second-order valence-corrected chi connectivity index (χ2v) is 6.39. The Bertz CT molecular complexity index is 401. The molecule has 4 heteroatoms. The summed E-state index contributed by atoms with van der Waals surface area (Å²) in [6.45, 7) is 0.796. The van der Waals surface area contributed by atoms with E-state index in [2.05, 4.69) is 12.1 Å². The van der Waals surface area contributed by atoms with E-state index in [1.807, 2.05) is 23.1 Å². The molecule has 0 radical (unpaired) electrons. The Hall–Kier alpha value is -0.450. The highest BCUT2D eigenvalue weighted by Crippen LogP contribution is 2.36. The molecule has 0 saturated heterocycles. The molecule has 16 heavy (non-hydrogen) atoms. The average Bonchev–Trinajstić information content (AvgIpc) is 2.97. The Morgan fingerprint density at radius 1 is 1.44 bits per heavy atom. The molecule has 1 atom stereocenters. The SMILES string of the molecule is NC(C1=CCCO1)c1cc2c(s1)CCSC2. The van der Waals surface area contributed by atoms with Crippen LogP contribution in [0.25, 0.3) is 0 Å². The predicted molar refractivity (Wildman–Crippen MR) is 69.8 cm³/mol. The Morgan fingerprint density at radius 2 is 2.38 bits per heavy atom. The number of aryl methyl sites for hydroxylation is 1. The third-order valence-electron chi connectivity index (χ3n) is 2.99. The van der Waals surface area contributed by atoms with E-state index in [1.165, 1.54) is 27.5 Å². The molecule has 0 fully saturated rings. The summed E-state index contributed by atoms with van der Waals surface area (Å²) >= 11 is 3.89. The van der Waals surface area contributed by atoms with Gasteiger partial charge in [-0.15, -0.1) is 11.3 Å². The number of thioether (sulfide) groups is 1. The van der Waals surface area contributed by atoms with Crippen molar-refractivity contribution in [3.63, 3.8) is 0 Å². The Labute approximate surface area is 104 Å². The first-order chi connectivity index (χ1) is 7.84. The van der Waals surface area contributed by atoms with Crippen molar-refractivity contribution in [2.24, 2.45) is 5.73 Å². The monoisotopic (exact) mass is 253 g/mol. The van der Waals surface area contributed by atoms with Crippen molar-refractivity contribution in [1.82, 2.24) is 0 Å². The zero-order valence-corrected chi connectivity index (χ0v) is 10.7. The van der Waals surface area contributed by atoms with E-state index in [-0.39, 0.29) is 6.04 Å². The smallest absolute Gasteiger partial charge is 0.114 e. The molecule has 86 valence electrons. The van der Waals surface area contributed by atoms with Crippen LogP contribution in [0.3, 0.4) is 0 Å². The van der Waals surface area contributed by atoms with Gasteiger partial charge in [0.1, 0.15) is 5.76 Å². The molecule has 0 aliphatic carbocycles. The summed E-state index contributed by atoms with van der Waals surface area (Å²) in [6, 6.07) is 2.24. The van der Waals surface area contributed by atoms with Gasteiger partial charge in [0.05, 0.1) is 12.6 Å². The summed E-state index contributed by atoms with van der Waals surface area (Å²) in [5, 5.41) is 0. The quantitative estimate of drug-likeness (QED) is 0.880. The molecule has 0 amide bonds. The van der Waals surface area contributed by atoms with Gasteiger partial charge in [0.25, 0.3) is 0 Å². The highest BCUT2D eigenvalue weighted by molar-refractivity contribution is 7.98. The van der Waals surface area contributed by atoms with Gasteiger partial charge < -0.3 is 10.5 Å². The van der Waals surface area contributed by atoms with Crippen LogP contribution in [0.2, 0.25) is 0 Å². The first-order valence-electron chi connectivity index (χ1n) is 5.62. The zero-order chi connectivity index (χ0) is 11.0. The number of thiophene rings is 1. The van der Waals surface area contributed by atoms with Gasteiger partial charge in [0.2, 0.25) is 0 Å². The van der Waals surface area contributed by atoms with E-state index in [1.54, 1.807) is 0 Å². The second kappa shape index (κ2) is 4.43. The van der Waals surface area contributed by atoms with E-state index >= 15 is 0 Å². The van der Waals surface area contributed by atoms with Crippen LogP contribution in [0.5, 0.6) is 0 Å². The average molecular weight is 253 g/mol. The summed E-state index contributed by atoms with van der Waals surface area (Å²) in [5.74, 6) is 3.37. The highest BCUT2D eigenvalue weighted by atomic mass is 32.2. The number of rotatable bonds is 2. The molecule has 1 aromatic rings. The van der Waals surface area contributed by atoms with Crippen LogP contribution in [-0.2, 0) is 16.9 Å². The maximum Gasteiger partial charge on any atom is 0.114 e. The predicted octanol–water partition coefficient (Wildman–Crippen LogP) is 2.84. The first-order valence-corrected chi connectivity index (χ1v) is 7.59. The van der Waals surface area contributed by atoms with Gasteiger partial charge in [0.15, 0.2) is 0 Å². The molecular formula is C12H15NOS2. The zero-order valence-electron chi connectivity index (χ0n) is 9.07. The van der Waals surface area contributed by atoms with Gasteiger partial charge in [-0.05, 0) is 29.9 Å². The minimum Gasteiger partial charge on any atom is -0.496 e. The summed E-state index contributed by atoms with van der Waals surface area (Å²) < 4.78 is 5.54. The molecule has 1 aromatic heterocycles. The maximum absolute atomic E-state index is 6.22. The maximum atomic E-state index is 6.22.